The number of anilines is 2. The lowest BCUT2D eigenvalue weighted by Gasteiger charge is -2.24. The van der Waals surface area contributed by atoms with Crippen LogP contribution >= 0.6 is 0 Å². The molecule has 0 fully saturated rings. The summed E-state index contributed by atoms with van der Waals surface area (Å²) >= 11 is 0. The second-order valence-electron chi connectivity index (χ2n) is 5.17. The van der Waals surface area contributed by atoms with Gasteiger partial charge in [0, 0.05) is 37.2 Å². The van der Waals surface area contributed by atoms with Crippen LogP contribution in [0.5, 0.6) is 0 Å². The maximum Gasteiger partial charge on any atom is 0.208 e. The van der Waals surface area contributed by atoms with Crippen LogP contribution in [0.2, 0.25) is 0 Å². The molecule has 0 aromatic heterocycles. The van der Waals surface area contributed by atoms with Gasteiger partial charge in [0.05, 0.1) is 6.26 Å². The van der Waals surface area contributed by atoms with Gasteiger partial charge in [-0.15, -0.1) is 0 Å². The molecule has 0 aliphatic rings. The van der Waals surface area contributed by atoms with Crippen molar-refractivity contribution in [3.05, 3.63) is 35.5 Å². The number of allylic oxidation sites excluding steroid dienone is 1. The average Bonchev–Trinajstić information content (AvgIpc) is 2.53. The van der Waals surface area contributed by atoms with E-state index in [1.807, 2.05) is 32.0 Å². The fourth-order valence-corrected chi connectivity index (χ4v) is 2.54. The van der Waals surface area contributed by atoms with Gasteiger partial charge in [0.15, 0.2) is 0 Å². The van der Waals surface area contributed by atoms with Gasteiger partial charge in [0.2, 0.25) is 10.0 Å². The first-order valence-corrected chi connectivity index (χ1v) is 9.27. The standard InChI is InChI=1S/C16H21N5O2S/c1-4-21(8-7-20-24(3,22)23)15-5-6-16(13(2)9-15)19-12-14(10-17)11-18/h5-6,9,12,19-20H,4,7-8H2,1-3H3. The Kier molecular flexibility index (Phi) is 7.25. The molecule has 0 amide bonds. The van der Waals surface area contributed by atoms with Gasteiger partial charge in [-0.3, -0.25) is 0 Å². The van der Waals surface area contributed by atoms with Gasteiger partial charge in [-0.2, -0.15) is 10.5 Å². The van der Waals surface area contributed by atoms with Crippen LogP contribution in [0.3, 0.4) is 0 Å². The zero-order valence-corrected chi connectivity index (χ0v) is 14.8. The van der Waals surface area contributed by atoms with E-state index in [-0.39, 0.29) is 5.57 Å². The number of nitrogens with zero attached hydrogens (tertiary/aromatic N) is 3. The quantitative estimate of drug-likeness (QED) is 0.693. The van der Waals surface area contributed by atoms with Gasteiger partial charge >= 0.3 is 0 Å². The molecule has 24 heavy (non-hydrogen) atoms. The fourth-order valence-electron chi connectivity index (χ4n) is 2.08. The van der Waals surface area contributed by atoms with E-state index in [1.54, 1.807) is 12.1 Å². The van der Waals surface area contributed by atoms with Gasteiger partial charge in [-0.05, 0) is 37.6 Å². The summed E-state index contributed by atoms with van der Waals surface area (Å²) in [6, 6.07) is 9.32. The van der Waals surface area contributed by atoms with Crippen LogP contribution in [0, 0.1) is 29.6 Å². The molecule has 0 radical (unpaired) electrons. The average molecular weight is 347 g/mol. The number of hydrogen-bond donors (Lipinski definition) is 2. The number of likely N-dealkylation sites (N-methyl/N-ethyl adjacent to an activating group) is 1. The summed E-state index contributed by atoms with van der Waals surface area (Å²) in [5.41, 5.74) is 2.72. The molecule has 0 aliphatic heterocycles. The van der Waals surface area contributed by atoms with Gasteiger partial charge in [-0.1, -0.05) is 0 Å². The molecule has 0 heterocycles. The van der Waals surface area contributed by atoms with Crippen LogP contribution < -0.4 is 14.9 Å². The minimum atomic E-state index is -3.19. The van der Waals surface area contributed by atoms with Crippen LogP contribution in [0.15, 0.2) is 30.0 Å². The zero-order chi connectivity index (χ0) is 18.2. The van der Waals surface area contributed by atoms with E-state index in [2.05, 4.69) is 14.9 Å². The third-order valence-electron chi connectivity index (χ3n) is 3.32. The first kappa shape index (κ1) is 19.5. The van der Waals surface area contributed by atoms with Gasteiger partial charge in [-0.25, -0.2) is 13.1 Å². The summed E-state index contributed by atoms with van der Waals surface area (Å²) < 4.78 is 24.7. The van der Waals surface area contributed by atoms with Crippen LogP contribution in [0.4, 0.5) is 11.4 Å². The Morgan fingerprint density at radius 3 is 2.50 bits per heavy atom. The maximum atomic E-state index is 11.1. The molecule has 128 valence electrons. The van der Waals surface area contributed by atoms with Gasteiger partial charge in [0.1, 0.15) is 17.7 Å². The number of rotatable bonds is 8. The Hall–Kier alpha value is -2.55. The van der Waals surface area contributed by atoms with Crippen molar-refractivity contribution < 1.29 is 8.42 Å². The molecule has 1 aromatic carbocycles. The second kappa shape index (κ2) is 8.92. The number of nitriles is 2. The fraction of sp³-hybridized carbons (Fsp3) is 0.375. The van der Waals surface area contributed by atoms with E-state index >= 15 is 0 Å². The highest BCUT2D eigenvalue weighted by atomic mass is 32.2. The van der Waals surface area contributed by atoms with E-state index in [9.17, 15) is 8.42 Å². The minimum Gasteiger partial charge on any atom is -0.370 e. The Morgan fingerprint density at radius 2 is 2.00 bits per heavy atom. The summed E-state index contributed by atoms with van der Waals surface area (Å²) in [4.78, 5) is 2.06. The molecular weight excluding hydrogens is 326 g/mol. The van der Waals surface area contributed by atoms with Crippen LogP contribution in [0.25, 0.3) is 0 Å². The zero-order valence-electron chi connectivity index (χ0n) is 14.0. The summed E-state index contributed by atoms with van der Waals surface area (Å²) in [6.07, 6.45) is 2.51. The number of sulfonamides is 1. The predicted octanol–water partition coefficient (Wildman–Crippen LogP) is 1.71. The Morgan fingerprint density at radius 1 is 1.33 bits per heavy atom. The molecular formula is C16H21N5O2S. The van der Waals surface area contributed by atoms with Crippen molar-refractivity contribution in [2.75, 3.05) is 36.1 Å². The monoisotopic (exact) mass is 347 g/mol. The van der Waals surface area contributed by atoms with Crippen molar-refractivity contribution in [3.63, 3.8) is 0 Å². The molecule has 2 N–H and O–H groups in total. The summed E-state index contributed by atoms with van der Waals surface area (Å²) in [5, 5.41) is 20.4. The molecule has 0 saturated carbocycles. The van der Waals surface area contributed by atoms with Crippen molar-refractivity contribution in [1.82, 2.24) is 4.72 Å². The predicted molar refractivity (Wildman–Crippen MR) is 94.8 cm³/mol. The lowest BCUT2D eigenvalue weighted by molar-refractivity contribution is 0.587. The first-order valence-electron chi connectivity index (χ1n) is 7.38. The van der Waals surface area contributed by atoms with Crippen molar-refractivity contribution >= 4 is 21.4 Å². The highest BCUT2D eigenvalue weighted by Crippen LogP contribution is 2.22. The molecule has 0 aliphatic carbocycles. The van der Waals surface area contributed by atoms with E-state index in [1.165, 1.54) is 6.20 Å². The third kappa shape index (κ3) is 6.29. The van der Waals surface area contributed by atoms with Gasteiger partial charge < -0.3 is 10.2 Å². The SMILES string of the molecule is CCN(CCNS(C)(=O)=O)c1ccc(NC=C(C#N)C#N)c(C)c1. The molecule has 0 saturated heterocycles. The van der Waals surface area contributed by atoms with Crippen molar-refractivity contribution in [1.29, 1.82) is 10.5 Å². The number of hydrogen-bond acceptors (Lipinski definition) is 6. The van der Waals surface area contributed by atoms with Gasteiger partial charge in [0.25, 0.3) is 0 Å². The summed E-state index contributed by atoms with van der Waals surface area (Å²) in [6.45, 7) is 5.55. The largest absolute Gasteiger partial charge is 0.370 e. The lowest BCUT2D eigenvalue weighted by Crippen LogP contribution is -2.34. The maximum absolute atomic E-state index is 11.1. The number of aryl methyl sites for hydroxylation is 1. The Labute approximate surface area is 143 Å². The molecule has 8 heteroatoms. The molecule has 0 spiro atoms. The van der Waals surface area contributed by atoms with Crippen LogP contribution in [-0.4, -0.2) is 34.3 Å². The topological polar surface area (TPSA) is 109 Å². The number of nitrogens with one attached hydrogen (secondary N) is 2. The minimum absolute atomic E-state index is 0.000473. The smallest absolute Gasteiger partial charge is 0.208 e. The van der Waals surface area contributed by atoms with Crippen molar-refractivity contribution in [3.8, 4) is 12.1 Å². The summed E-state index contributed by atoms with van der Waals surface area (Å²) in [7, 11) is -3.19. The molecule has 0 bridgehead atoms. The molecule has 7 nitrogen and oxygen atoms in total. The van der Waals surface area contributed by atoms with E-state index in [0.29, 0.717) is 13.1 Å². The van der Waals surface area contributed by atoms with Crippen LogP contribution in [-0.2, 0) is 10.0 Å². The molecule has 1 aromatic rings. The first-order chi connectivity index (χ1) is 11.3. The lowest BCUT2D eigenvalue weighted by atomic mass is 10.1. The van der Waals surface area contributed by atoms with Crippen molar-refractivity contribution in [2.24, 2.45) is 0 Å². The van der Waals surface area contributed by atoms with Crippen LogP contribution in [0.1, 0.15) is 12.5 Å². The molecule has 0 unspecified atom stereocenters. The molecule has 1 rings (SSSR count). The third-order valence-corrected chi connectivity index (χ3v) is 4.04. The normalized spacial score (nSPS) is 10.4. The van der Waals surface area contributed by atoms with E-state index < -0.39 is 10.0 Å². The van der Waals surface area contributed by atoms with Crippen molar-refractivity contribution in [2.45, 2.75) is 13.8 Å². The second-order valence-corrected chi connectivity index (χ2v) is 7.00. The molecule has 0 atom stereocenters. The highest BCUT2D eigenvalue weighted by Gasteiger charge is 2.08. The highest BCUT2D eigenvalue weighted by molar-refractivity contribution is 7.88. The van der Waals surface area contributed by atoms with E-state index in [0.717, 1.165) is 29.7 Å². The Bertz CT molecular complexity index is 772. The number of benzene rings is 1. The van der Waals surface area contributed by atoms with E-state index in [4.69, 9.17) is 10.5 Å². The summed E-state index contributed by atoms with van der Waals surface area (Å²) in [5.74, 6) is 0. The Balaban J connectivity index is 2.83.